The second kappa shape index (κ2) is 7.35. The molecule has 1 heterocycles. The summed E-state index contributed by atoms with van der Waals surface area (Å²) in [5, 5.41) is 20.7. The molecule has 7 heteroatoms. The van der Waals surface area contributed by atoms with Gasteiger partial charge in [-0.2, -0.15) is 5.10 Å². The first kappa shape index (κ1) is 15.7. The van der Waals surface area contributed by atoms with E-state index in [0.717, 1.165) is 19.3 Å². The molecule has 0 spiro atoms. The second-order valence-electron chi connectivity index (χ2n) is 4.90. The van der Waals surface area contributed by atoms with Crippen LogP contribution in [0.15, 0.2) is 35.1 Å². The molecule has 0 radical (unpaired) electrons. The smallest absolute Gasteiger partial charge is 0.293 e. The van der Waals surface area contributed by atoms with E-state index < -0.39 is 4.92 Å². The number of aromatic amines is 1. The number of hydrogen-bond donors (Lipinski definition) is 2. The van der Waals surface area contributed by atoms with E-state index in [9.17, 15) is 14.9 Å². The Balaban J connectivity index is 2.39. The topological polar surface area (TPSA) is 101 Å². The van der Waals surface area contributed by atoms with Crippen molar-refractivity contribution in [3.63, 3.8) is 0 Å². The summed E-state index contributed by atoms with van der Waals surface area (Å²) in [7, 11) is 0. The van der Waals surface area contributed by atoms with Gasteiger partial charge in [0, 0.05) is 24.2 Å². The first-order valence-corrected chi connectivity index (χ1v) is 7.21. The molecular weight excluding hydrogens is 284 g/mol. The maximum absolute atomic E-state index is 11.2. The highest BCUT2D eigenvalue weighted by molar-refractivity contribution is 5.82. The van der Waals surface area contributed by atoms with E-state index in [2.05, 4.69) is 22.4 Å². The number of anilines is 1. The maximum atomic E-state index is 11.2. The molecule has 0 unspecified atom stereocenters. The van der Waals surface area contributed by atoms with Gasteiger partial charge in [-0.1, -0.05) is 31.9 Å². The van der Waals surface area contributed by atoms with E-state index >= 15 is 0 Å². The number of nitrogens with zero attached hydrogens (tertiary/aromatic N) is 2. The minimum Gasteiger partial charge on any atom is -0.379 e. The van der Waals surface area contributed by atoms with Crippen molar-refractivity contribution in [1.29, 1.82) is 0 Å². The number of nitro groups is 1. The molecule has 2 N–H and O–H groups in total. The molecule has 2 rings (SSSR count). The number of benzene rings is 1. The van der Waals surface area contributed by atoms with Crippen LogP contribution in [0.2, 0.25) is 0 Å². The molecule has 7 nitrogen and oxygen atoms in total. The first-order valence-electron chi connectivity index (χ1n) is 7.21. The Hall–Kier alpha value is -2.70. The van der Waals surface area contributed by atoms with Crippen LogP contribution >= 0.6 is 0 Å². The van der Waals surface area contributed by atoms with Crippen molar-refractivity contribution in [1.82, 2.24) is 10.2 Å². The molecule has 0 aliphatic carbocycles. The number of nitrogens with one attached hydrogen (secondary N) is 2. The fraction of sp³-hybridized carbons (Fsp3) is 0.333. The largest absolute Gasteiger partial charge is 0.379 e. The lowest BCUT2D eigenvalue weighted by molar-refractivity contribution is -0.383. The standard InChI is InChI=1S/C15H18N4O3/c1-2-3-4-10-16-15-11(6-5-7-13(15)19(21)22)12-8-9-14(20)18-17-12/h5-9,16H,2-4,10H2,1H3,(H,18,20). The molecule has 22 heavy (non-hydrogen) atoms. The van der Waals surface area contributed by atoms with Crippen LogP contribution in [0.5, 0.6) is 0 Å². The Kier molecular flexibility index (Phi) is 5.24. The predicted molar refractivity (Wildman–Crippen MR) is 85.0 cm³/mol. The van der Waals surface area contributed by atoms with E-state index in [4.69, 9.17) is 0 Å². The zero-order valence-corrected chi connectivity index (χ0v) is 12.3. The molecule has 0 amide bonds. The van der Waals surface area contributed by atoms with Crippen LogP contribution in [0.4, 0.5) is 11.4 Å². The van der Waals surface area contributed by atoms with Crippen LogP contribution in [0.3, 0.4) is 0 Å². The normalized spacial score (nSPS) is 10.4. The van der Waals surface area contributed by atoms with Crippen molar-refractivity contribution in [3.8, 4) is 11.3 Å². The molecule has 0 fully saturated rings. The van der Waals surface area contributed by atoms with E-state index in [-0.39, 0.29) is 11.2 Å². The van der Waals surface area contributed by atoms with Gasteiger partial charge in [0.25, 0.3) is 11.2 Å². The van der Waals surface area contributed by atoms with Crippen molar-refractivity contribution >= 4 is 11.4 Å². The summed E-state index contributed by atoms with van der Waals surface area (Å²) in [5.41, 5.74) is 1.21. The molecule has 0 bridgehead atoms. The molecule has 0 aliphatic heterocycles. The number of para-hydroxylation sites is 1. The van der Waals surface area contributed by atoms with E-state index in [1.807, 2.05) is 0 Å². The lowest BCUT2D eigenvalue weighted by Gasteiger charge is -2.11. The van der Waals surface area contributed by atoms with Crippen molar-refractivity contribution in [3.05, 3.63) is 50.8 Å². The SMILES string of the molecule is CCCCCNc1c(-c2ccc(=O)[nH]n2)cccc1[N+](=O)[O-]. The molecule has 0 aliphatic rings. The average molecular weight is 302 g/mol. The van der Waals surface area contributed by atoms with Gasteiger partial charge in [0.1, 0.15) is 5.69 Å². The van der Waals surface area contributed by atoms with Crippen LogP contribution < -0.4 is 10.9 Å². The number of H-pyrrole nitrogens is 1. The van der Waals surface area contributed by atoms with Gasteiger partial charge in [-0.05, 0) is 12.5 Å². The predicted octanol–water partition coefficient (Wildman–Crippen LogP) is 2.95. The molecule has 1 aromatic carbocycles. The molecule has 0 saturated carbocycles. The highest BCUT2D eigenvalue weighted by atomic mass is 16.6. The Labute approximate surface area is 127 Å². The van der Waals surface area contributed by atoms with Gasteiger partial charge in [0.05, 0.1) is 10.6 Å². The summed E-state index contributed by atoms with van der Waals surface area (Å²) >= 11 is 0. The zero-order valence-electron chi connectivity index (χ0n) is 12.3. The van der Waals surface area contributed by atoms with Crippen LogP contribution in [0.1, 0.15) is 26.2 Å². The fourth-order valence-electron chi connectivity index (χ4n) is 2.17. The third kappa shape index (κ3) is 3.69. The second-order valence-corrected chi connectivity index (χ2v) is 4.90. The third-order valence-electron chi connectivity index (χ3n) is 3.28. The van der Waals surface area contributed by atoms with Crippen LogP contribution in [-0.2, 0) is 0 Å². The van der Waals surface area contributed by atoms with E-state index in [0.29, 0.717) is 23.5 Å². The average Bonchev–Trinajstić information content (AvgIpc) is 2.52. The van der Waals surface area contributed by atoms with Crippen LogP contribution in [0, 0.1) is 10.1 Å². The molecule has 1 aromatic heterocycles. The monoisotopic (exact) mass is 302 g/mol. The third-order valence-corrected chi connectivity index (χ3v) is 3.28. The minimum absolute atomic E-state index is 0.00185. The Morgan fingerprint density at radius 1 is 1.27 bits per heavy atom. The van der Waals surface area contributed by atoms with Crippen LogP contribution in [0.25, 0.3) is 11.3 Å². The highest BCUT2D eigenvalue weighted by Gasteiger charge is 2.18. The summed E-state index contributed by atoms with van der Waals surface area (Å²) in [6.07, 6.45) is 3.06. The zero-order chi connectivity index (χ0) is 15.9. The van der Waals surface area contributed by atoms with Gasteiger partial charge >= 0.3 is 0 Å². The molecule has 0 saturated heterocycles. The lowest BCUT2D eigenvalue weighted by atomic mass is 10.1. The van der Waals surface area contributed by atoms with Crippen molar-refractivity contribution < 1.29 is 4.92 Å². The number of unbranched alkanes of at least 4 members (excludes halogenated alkanes) is 2. The highest BCUT2D eigenvalue weighted by Crippen LogP contribution is 2.34. The Morgan fingerprint density at radius 3 is 2.73 bits per heavy atom. The molecular formula is C15H18N4O3. The van der Waals surface area contributed by atoms with Gasteiger partial charge in [-0.3, -0.25) is 14.9 Å². The lowest BCUT2D eigenvalue weighted by Crippen LogP contribution is -2.09. The van der Waals surface area contributed by atoms with Crippen molar-refractivity contribution in [2.75, 3.05) is 11.9 Å². The van der Waals surface area contributed by atoms with Gasteiger partial charge in [0.15, 0.2) is 0 Å². The Morgan fingerprint density at radius 2 is 2.09 bits per heavy atom. The fourth-order valence-corrected chi connectivity index (χ4v) is 2.17. The van der Waals surface area contributed by atoms with Crippen molar-refractivity contribution in [2.45, 2.75) is 26.2 Å². The molecule has 0 atom stereocenters. The van der Waals surface area contributed by atoms with Gasteiger partial charge in [0.2, 0.25) is 0 Å². The first-order chi connectivity index (χ1) is 10.6. The maximum Gasteiger partial charge on any atom is 0.293 e. The summed E-state index contributed by atoms with van der Waals surface area (Å²) < 4.78 is 0. The number of rotatable bonds is 7. The van der Waals surface area contributed by atoms with E-state index in [1.54, 1.807) is 18.2 Å². The number of hydrogen-bond acceptors (Lipinski definition) is 5. The van der Waals surface area contributed by atoms with Gasteiger partial charge in [-0.25, -0.2) is 5.10 Å². The van der Waals surface area contributed by atoms with E-state index in [1.165, 1.54) is 12.1 Å². The summed E-state index contributed by atoms with van der Waals surface area (Å²) in [4.78, 5) is 21.9. The van der Waals surface area contributed by atoms with Gasteiger partial charge in [-0.15, -0.1) is 0 Å². The van der Waals surface area contributed by atoms with Crippen molar-refractivity contribution in [2.24, 2.45) is 0 Å². The quantitative estimate of drug-likeness (QED) is 0.465. The molecule has 116 valence electrons. The summed E-state index contributed by atoms with van der Waals surface area (Å²) in [6.45, 7) is 2.75. The summed E-state index contributed by atoms with van der Waals surface area (Å²) in [6, 6.07) is 7.71. The van der Waals surface area contributed by atoms with Crippen LogP contribution in [-0.4, -0.2) is 21.7 Å². The summed E-state index contributed by atoms with van der Waals surface area (Å²) in [5.74, 6) is 0. The van der Waals surface area contributed by atoms with Gasteiger partial charge < -0.3 is 5.32 Å². The Bertz CT molecular complexity index is 692. The number of aromatic nitrogens is 2. The minimum atomic E-state index is -0.419. The number of nitro benzene ring substituents is 1. The molecule has 2 aromatic rings.